The minimum atomic E-state index is -0.590. The van der Waals surface area contributed by atoms with Crippen molar-refractivity contribution in [2.75, 3.05) is 11.9 Å². The van der Waals surface area contributed by atoms with Gasteiger partial charge in [0, 0.05) is 33.0 Å². The predicted octanol–water partition coefficient (Wildman–Crippen LogP) is 8.59. The molecule has 7 rings (SSSR count). The van der Waals surface area contributed by atoms with E-state index in [2.05, 4.69) is 27.3 Å². The maximum Gasteiger partial charge on any atom is 0.410 e. The van der Waals surface area contributed by atoms with Crippen LogP contribution >= 0.6 is 38.6 Å². The van der Waals surface area contributed by atoms with Gasteiger partial charge in [-0.15, -0.1) is 22.7 Å². The molecule has 1 aromatic carbocycles. The molecule has 3 fully saturated rings. The lowest BCUT2D eigenvalue weighted by molar-refractivity contribution is -0.213. The number of ether oxygens (including phenoxy) is 2. The van der Waals surface area contributed by atoms with Gasteiger partial charge in [-0.1, -0.05) is 15.9 Å². The Morgan fingerprint density at radius 3 is 2.33 bits per heavy atom. The van der Waals surface area contributed by atoms with Crippen molar-refractivity contribution in [1.29, 1.82) is 0 Å². The number of thiazole rings is 1. The summed E-state index contributed by atoms with van der Waals surface area (Å²) in [7, 11) is 0. The number of hydrogen-bond donors (Lipinski definition) is 1. The van der Waals surface area contributed by atoms with Crippen LogP contribution in [-0.4, -0.2) is 62.2 Å². The van der Waals surface area contributed by atoms with Crippen LogP contribution in [0.3, 0.4) is 0 Å². The van der Waals surface area contributed by atoms with Gasteiger partial charge in [0.15, 0.2) is 0 Å². The van der Waals surface area contributed by atoms with Gasteiger partial charge in [-0.3, -0.25) is 9.69 Å². The zero-order chi connectivity index (χ0) is 32.7. The zero-order valence-electron chi connectivity index (χ0n) is 27.1. The van der Waals surface area contributed by atoms with Gasteiger partial charge in [0.25, 0.3) is 0 Å². The van der Waals surface area contributed by atoms with E-state index in [4.69, 9.17) is 14.5 Å². The highest BCUT2D eigenvalue weighted by Gasteiger charge is 2.75. The molecule has 2 aromatic heterocycles. The molecule has 12 heteroatoms. The summed E-state index contributed by atoms with van der Waals surface area (Å²) in [4.78, 5) is 49.6. The molecule has 0 unspecified atom stereocenters. The van der Waals surface area contributed by atoms with Crippen LogP contribution < -0.4 is 5.32 Å². The number of hydrogen-bond acceptors (Lipinski definition) is 8. The monoisotopic (exact) mass is 716 g/mol. The molecule has 0 saturated heterocycles. The van der Waals surface area contributed by atoms with Gasteiger partial charge in [-0.05, 0) is 105 Å². The summed E-state index contributed by atoms with van der Waals surface area (Å²) in [6, 6.07) is 5.99. The van der Waals surface area contributed by atoms with E-state index in [1.54, 1.807) is 16.2 Å². The van der Waals surface area contributed by atoms with Crippen LogP contribution in [0.1, 0.15) is 85.1 Å². The summed E-state index contributed by atoms with van der Waals surface area (Å²) in [5.41, 5.74) is 0.937. The number of amides is 3. The van der Waals surface area contributed by atoms with Crippen molar-refractivity contribution in [3.63, 3.8) is 0 Å². The fraction of sp³-hybridized carbons (Fsp3) is 0.576. The first kappa shape index (κ1) is 32.2. The first-order valence-electron chi connectivity index (χ1n) is 15.4. The van der Waals surface area contributed by atoms with Crippen LogP contribution in [0, 0.1) is 5.41 Å². The molecule has 3 saturated carbocycles. The Morgan fingerprint density at radius 1 is 1.04 bits per heavy atom. The summed E-state index contributed by atoms with van der Waals surface area (Å²) < 4.78 is 13.4. The van der Waals surface area contributed by atoms with E-state index >= 15 is 0 Å². The predicted molar refractivity (Wildman–Crippen MR) is 182 cm³/mol. The Hall–Kier alpha value is -2.70. The van der Waals surface area contributed by atoms with Gasteiger partial charge in [-0.2, -0.15) is 0 Å². The second kappa shape index (κ2) is 10.9. The molecule has 1 aliphatic heterocycles. The largest absolute Gasteiger partial charge is 0.444 e. The smallest absolute Gasteiger partial charge is 0.410 e. The topological polar surface area (TPSA) is 101 Å². The van der Waals surface area contributed by atoms with Crippen molar-refractivity contribution in [3.05, 3.63) is 33.1 Å². The summed E-state index contributed by atoms with van der Waals surface area (Å²) >= 11 is 6.69. The number of rotatable bonds is 5. The lowest BCUT2D eigenvalue weighted by Gasteiger charge is -2.72. The third-order valence-electron chi connectivity index (χ3n) is 8.60. The standard InChI is InChI=1S/C33H41BrN4O5S2/c1-18(2)38(29(41)43-31(6,7)8)33-15-32(16-33,17-33)27(39)36-26-24(25-35-21-10-9-19(34)13-22(21)44-25)20-11-12-37(14-23(20)45-26)28(40)42-30(3,4)5/h9-10,13,18H,11-12,14-17H2,1-8H3,(H,36,39). The molecule has 3 aromatic rings. The van der Waals surface area contributed by atoms with Crippen molar-refractivity contribution in [2.45, 2.75) is 110 Å². The SMILES string of the molecule is CC(C)N(C(=O)OC(C)(C)C)C12CC(C(=O)Nc3sc4c(c3-c3nc5ccc(Br)cc5s3)CCN(C(=O)OC(C)(C)C)C4)(C1)C2. The molecule has 0 spiro atoms. The minimum Gasteiger partial charge on any atom is -0.444 e. The highest BCUT2D eigenvalue weighted by Crippen LogP contribution is 2.70. The normalized spacial score (nSPS) is 22.4. The molecule has 3 aliphatic carbocycles. The van der Waals surface area contributed by atoms with Gasteiger partial charge in [0.2, 0.25) is 5.91 Å². The molecule has 9 nitrogen and oxygen atoms in total. The van der Waals surface area contributed by atoms with E-state index in [0.29, 0.717) is 38.8 Å². The molecule has 1 N–H and O–H groups in total. The third kappa shape index (κ3) is 5.98. The van der Waals surface area contributed by atoms with Crippen molar-refractivity contribution in [2.24, 2.45) is 5.41 Å². The zero-order valence-corrected chi connectivity index (χ0v) is 30.3. The molecule has 242 valence electrons. The Balaban J connectivity index is 1.27. The van der Waals surface area contributed by atoms with Crippen molar-refractivity contribution >= 4 is 71.9 Å². The van der Waals surface area contributed by atoms with Gasteiger partial charge < -0.3 is 19.7 Å². The number of benzene rings is 1. The minimum absolute atomic E-state index is 0.0232. The molecule has 2 bridgehead atoms. The second-order valence-corrected chi connectivity index (χ2v) is 18.0. The maximum absolute atomic E-state index is 14.0. The van der Waals surface area contributed by atoms with Gasteiger partial charge >= 0.3 is 12.2 Å². The van der Waals surface area contributed by atoms with E-state index in [1.807, 2.05) is 72.4 Å². The van der Waals surface area contributed by atoms with E-state index in [9.17, 15) is 14.4 Å². The molecule has 0 radical (unpaired) electrons. The first-order chi connectivity index (χ1) is 20.9. The average molecular weight is 718 g/mol. The van der Waals surface area contributed by atoms with Crippen LogP contribution in [-0.2, 0) is 27.2 Å². The highest BCUT2D eigenvalue weighted by molar-refractivity contribution is 9.10. The summed E-state index contributed by atoms with van der Waals surface area (Å²) in [6.45, 7) is 16.1. The van der Waals surface area contributed by atoms with Gasteiger partial charge in [0.1, 0.15) is 21.2 Å². The molecular weight excluding hydrogens is 676 g/mol. The van der Waals surface area contributed by atoms with Crippen LogP contribution in [0.2, 0.25) is 0 Å². The molecular formula is C33H41BrN4O5S2. The van der Waals surface area contributed by atoms with E-state index in [0.717, 1.165) is 40.7 Å². The number of carbonyl (C=O) groups is 3. The van der Waals surface area contributed by atoms with Crippen LogP contribution in [0.5, 0.6) is 0 Å². The Bertz CT molecular complexity index is 1680. The van der Waals surface area contributed by atoms with Crippen molar-refractivity contribution in [1.82, 2.24) is 14.8 Å². The number of aromatic nitrogens is 1. The van der Waals surface area contributed by atoms with Crippen molar-refractivity contribution < 1.29 is 23.9 Å². The number of nitrogens with one attached hydrogen (secondary N) is 1. The number of thiophene rings is 1. The lowest BCUT2D eigenvalue weighted by atomic mass is 9.38. The van der Waals surface area contributed by atoms with Crippen LogP contribution in [0.4, 0.5) is 14.6 Å². The maximum atomic E-state index is 14.0. The summed E-state index contributed by atoms with van der Waals surface area (Å²) in [5, 5.41) is 4.92. The molecule has 3 amide bonds. The second-order valence-electron chi connectivity index (χ2n) is 14.9. The fourth-order valence-electron chi connectivity index (χ4n) is 6.94. The van der Waals surface area contributed by atoms with E-state index in [1.165, 1.54) is 11.3 Å². The molecule has 45 heavy (non-hydrogen) atoms. The molecule has 4 aliphatic rings. The van der Waals surface area contributed by atoms with Crippen LogP contribution in [0.15, 0.2) is 22.7 Å². The molecule has 0 atom stereocenters. The number of nitrogens with zero attached hydrogens (tertiary/aromatic N) is 3. The Labute approximate surface area is 280 Å². The Kier molecular flexibility index (Phi) is 7.84. The first-order valence-corrected chi connectivity index (χ1v) is 17.8. The average Bonchev–Trinajstić information content (AvgIpc) is 3.41. The summed E-state index contributed by atoms with van der Waals surface area (Å²) in [6.07, 6.45) is 1.83. The van der Waals surface area contributed by atoms with E-state index in [-0.39, 0.29) is 29.7 Å². The molecule has 3 heterocycles. The summed E-state index contributed by atoms with van der Waals surface area (Å²) in [5.74, 6) is -0.0232. The van der Waals surface area contributed by atoms with Gasteiger partial charge in [0.05, 0.1) is 22.2 Å². The number of fused-ring (bicyclic) bond motifs is 2. The van der Waals surface area contributed by atoms with Gasteiger partial charge in [-0.25, -0.2) is 14.6 Å². The lowest BCUT2D eigenvalue weighted by Crippen LogP contribution is -2.79. The highest BCUT2D eigenvalue weighted by atomic mass is 79.9. The Morgan fingerprint density at radius 2 is 1.71 bits per heavy atom. The third-order valence-corrected chi connectivity index (χ3v) is 11.3. The fourth-order valence-corrected chi connectivity index (χ4v) is 9.86. The number of halogens is 1. The van der Waals surface area contributed by atoms with E-state index < -0.39 is 16.6 Å². The number of carbonyl (C=O) groups excluding carboxylic acids is 3. The quantitative estimate of drug-likeness (QED) is 0.284. The van der Waals surface area contributed by atoms with Crippen molar-refractivity contribution in [3.8, 4) is 10.6 Å². The van der Waals surface area contributed by atoms with Crippen LogP contribution in [0.25, 0.3) is 20.8 Å². The number of anilines is 1.